The van der Waals surface area contributed by atoms with Gasteiger partial charge in [-0.25, -0.2) is 0 Å². The second kappa shape index (κ2) is 6.49. The molecule has 1 aliphatic heterocycles. The molecular weight excluding hydrogens is 312 g/mol. The van der Waals surface area contributed by atoms with Gasteiger partial charge >= 0.3 is 5.69 Å². The zero-order valence-corrected chi connectivity index (χ0v) is 13.0. The van der Waals surface area contributed by atoms with Crippen molar-refractivity contribution >= 4 is 21.5 Å². The largest absolute Gasteiger partial charge is 0.490 e. The van der Waals surface area contributed by atoms with Crippen molar-refractivity contribution < 1.29 is 22.6 Å². The molecule has 0 aliphatic carbocycles. The molecule has 9 heteroatoms. The number of nitrogens with zero attached hydrogens (tertiary/aromatic N) is 2. The summed E-state index contributed by atoms with van der Waals surface area (Å²) in [6, 6.07) is 4.67. The second-order valence-corrected chi connectivity index (χ2v) is 6.79. The molecule has 1 aliphatic rings. The fourth-order valence-electron chi connectivity index (χ4n) is 2.67. The maximum atomic E-state index is 10.9. The third-order valence-corrected chi connectivity index (χ3v) is 4.68. The van der Waals surface area contributed by atoms with Crippen LogP contribution in [0.1, 0.15) is 12.8 Å². The van der Waals surface area contributed by atoms with E-state index in [1.54, 1.807) is 12.1 Å². The summed E-state index contributed by atoms with van der Waals surface area (Å²) in [6.07, 6.45) is 1.28. The number of hydrogen-bond donors (Lipinski definition) is 1. The molecule has 0 saturated carbocycles. The topological polar surface area (TPSA) is 110 Å². The Kier molecular flexibility index (Phi) is 4.87. The van der Waals surface area contributed by atoms with E-state index in [1.165, 1.54) is 13.2 Å². The SMILES string of the molecule is COc1cc(N2CCC(CS(=O)(=O)O)CC2)ccc1[N+](=O)[O-]. The summed E-state index contributed by atoms with van der Waals surface area (Å²) in [5.41, 5.74) is 0.709. The van der Waals surface area contributed by atoms with Gasteiger partial charge in [0.05, 0.1) is 17.8 Å². The Morgan fingerprint density at radius 2 is 2.05 bits per heavy atom. The molecule has 0 bridgehead atoms. The minimum atomic E-state index is -3.95. The van der Waals surface area contributed by atoms with Crippen molar-refractivity contribution in [2.24, 2.45) is 5.92 Å². The van der Waals surface area contributed by atoms with E-state index in [0.29, 0.717) is 25.9 Å². The van der Waals surface area contributed by atoms with Crippen LogP contribution >= 0.6 is 0 Å². The lowest BCUT2D eigenvalue weighted by Gasteiger charge is -2.33. The molecule has 0 aromatic heterocycles. The Morgan fingerprint density at radius 1 is 1.41 bits per heavy atom. The number of methoxy groups -OCH3 is 1. The van der Waals surface area contributed by atoms with Crippen LogP contribution in [0.5, 0.6) is 5.75 Å². The maximum absolute atomic E-state index is 10.9. The molecule has 0 spiro atoms. The Balaban J connectivity index is 2.07. The third kappa shape index (κ3) is 4.08. The van der Waals surface area contributed by atoms with Gasteiger partial charge in [-0.3, -0.25) is 14.7 Å². The van der Waals surface area contributed by atoms with Gasteiger partial charge in [0, 0.05) is 30.9 Å². The van der Waals surface area contributed by atoms with Crippen molar-refractivity contribution in [3.63, 3.8) is 0 Å². The molecule has 1 heterocycles. The number of nitro benzene ring substituents is 1. The lowest BCUT2D eigenvalue weighted by molar-refractivity contribution is -0.385. The second-order valence-electron chi connectivity index (χ2n) is 5.29. The minimum absolute atomic E-state index is 0.0637. The van der Waals surface area contributed by atoms with Gasteiger partial charge in [-0.05, 0) is 24.8 Å². The van der Waals surface area contributed by atoms with Gasteiger partial charge in [0.2, 0.25) is 0 Å². The summed E-state index contributed by atoms with van der Waals surface area (Å²) in [5, 5.41) is 10.9. The monoisotopic (exact) mass is 330 g/mol. The number of rotatable bonds is 5. The number of benzene rings is 1. The molecule has 2 rings (SSSR count). The van der Waals surface area contributed by atoms with E-state index in [9.17, 15) is 18.5 Å². The molecule has 0 radical (unpaired) electrons. The predicted molar refractivity (Wildman–Crippen MR) is 81.0 cm³/mol. The summed E-state index contributed by atoms with van der Waals surface area (Å²) in [6.45, 7) is 1.25. The van der Waals surface area contributed by atoms with Crippen LogP contribution < -0.4 is 9.64 Å². The van der Waals surface area contributed by atoms with Crippen LogP contribution in [0.15, 0.2) is 18.2 Å². The van der Waals surface area contributed by atoms with Gasteiger partial charge < -0.3 is 9.64 Å². The smallest absolute Gasteiger partial charge is 0.311 e. The number of nitro groups is 1. The normalized spacial score (nSPS) is 16.5. The zero-order chi connectivity index (χ0) is 16.3. The zero-order valence-electron chi connectivity index (χ0n) is 12.1. The molecule has 1 fully saturated rings. The van der Waals surface area contributed by atoms with Crippen LogP contribution in [-0.2, 0) is 10.1 Å². The molecule has 0 amide bonds. The van der Waals surface area contributed by atoms with Crippen LogP contribution in [0.25, 0.3) is 0 Å². The molecule has 22 heavy (non-hydrogen) atoms. The van der Waals surface area contributed by atoms with E-state index in [0.717, 1.165) is 5.69 Å². The molecule has 0 atom stereocenters. The lowest BCUT2D eigenvalue weighted by Crippen LogP contribution is -2.35. The first-order chi connectivity index (χ1) is 10.3. The number of piperidine rings is 1. The van der Waals surface area contributed by atoms with E-state index in [-0.39, 0.29) is 23.1 Å². The van der Waals surface area contributed by atoms with Crippen molar-refractivity contribution in [1.29, 1.82) is 0 Å². The highest BCUT2D eigenvalue weighted by Crippen LogP contribution is 2.33. The Morgan fingerprint density at radius 3 is 2.55 bits per heavy atom. The first kappa shape index (κ1) is 16.5. The average Bonchev–Trinajstić information content (AvgIpc) is 2.45. The number of hydrogen-bond acceptors (Lipinski definition) is 6. The molecule has 122 valence electrons. The Bertz CT molecular complexity index is 652. The van der Waals surface area contributed by atoms with Gasteiger partial charge in [-0.15, -0.1) is 0 Å². The molecule has 1 aromatic rings. The van der Waals surface area contributed by atoms with Crippen LogP contribution in [0.4, 0.5) is 11.4 Å². The van der Waals surface area contributed by atoms with Gasteiger partial charge in [-0.2, -0.15) is 8.42 Å². The van der Waals surface area contributed by atoms with Crippen LogP contribution in [0, 0.1) is 16.0 Å². The quantitative estimate of drug-likeness (QED) is 0.497. The molecular formula is C13H18N2O6S. The minimum Gasteiger partial charge on any atom is -0.490 e. The van der Waals surface area contributed by atoms with E-state index < -0.39 is 15.0 Å². The average molecular weight is 330 g/mol. The fourth-order valence-corrected chi connectivity index (χ4v) is 3.60. The van der Waals surface area contributed by atoms with E-state index in [4.69, 9.17) is 9.29 Å². The van der Waals surface area contributed by atoms with E-state index in [2.05, 4.69) is 0 Å². The van der Waals surface area contributed by atoms with Gasteiger partial charge in [0.25, 0.3) is 10.1 Å². The summed E-state index contributed by atoms with van der Waals surface area (Å²) in [5.74, 6) is -0.0847. The summed E-state index contributed by atoms with van der Waals surface area (Å²) < 4.78 is 35.7. The highest BCUT2D eigenvalue weighted by Gasteiger charge is 2.24. The van der Waals surface area contributed by atoms with Crippen molar-refractivity contribution in [3.05, 3.63) is 28.3 Å². The highest BCUT2D eigenvalue weighted by molar-refractivity contribution is 7.85. The predicted octanol–water partition coefficient (Wildman–Crippen LogP) is 1.71. The maximum Gasteiger partial charge on any atom is 0.311 e. The Labute approximate surface area is 128 Å². The van der Waals surface area contributed by atoms with Crippen molar-refractivity contribution in [2.45, 2.75) is 12.8 Å². The van der Waals surface area contributed by atoms with Crippen molar-refractivity contribution in [2.75, 3.05) is 30.9 Å². The van der Waals surface area contributed by atoms with Crippen LogP contribution in [-0.4, -0.2) is 43.8 Å². The first-order valence-electron chi connectivity index (χ1n) is 6.82. The number of anilines is 1. The van der Waals surface area contributed by atoms with Crippen LogP contribution in [0.3, 0.4) is 0 Å². The summed E-state index contributed by atoms with van der Waals surface area (Å²) in [4.78, 5) is 12.4. The number of ether oxygens (including phenoxy) is 1. The van der Waals surface area contributed by atoms with Gasteiger partial charge in [0.1, 0.15) is 0 Å². The van der Waals surface area contributed by atoms with Gasteiger partial charge in [0.15, 0.2) is 5.75 Å². The lowest BCUT2D eigenvalue weighted by atomic mass is 9.98. The molecule has 8 nitrogen and oxygen atoms in total. The van der Waals surface area contributed by atoms with E-state index >= 15 is 0 Å². The third-order valence-electron chi connectivity index (χ3n) is 3.79. The summed E-state index contributed by atoms with van der Waals surface area (Å²) >= 11 is 0. The first-order valence-corrected chi connectivity index (χ1v) is 8.43. The molecule has 0 unspecified atom stereocenters. The van der Waals surface area contributed by atoms with E-state index in [1.807, 2.05) is 4.90 Å². The summed E-state index contributed by atoms with van der Waals surface area (Å²) in [7, 11) is -2.57. The van der Waals surface area contributed by atoms with Crippen molar-refractivity contribution in [1.82, 2.24) is 0 Å². The molecule has 1 aromatic carbocycles. The standard InChI is InChI=1S/C13H18N2O6S/c1-21-13-8-11(2-3-12(13)15(16)17)14-6-4-10(5-7-14)9-22(18,19)20/h2-3,8,10H,4-7,9H2,1H3,(H,18,19,20). The molecule has 1 N–H and O–H groups in total. The van der Waals surface area contributed by atoms with Gasteiger partial charge in [-0.1, -0.05) is 0 Å². The fraction of sp³-hybridized carbons (Fsp3) is 0.538. The van der Waals surface area contributed by atoms with Crippen molar-refractivity contribution in [3.8, 4) is 5.75 Å². The highest BCUT2D eigenvalue weighted by atomic mass is 32.2. The Hall–Kier alpha value is -1.87. The molecule has 1 saturated heterocycles. The van der Waals surface area contributed by atoms with Crippen LogP contribution in [0.2, 0.25) is 0 Å².